The summed E-state index contributed by atoms with van der Waals surface area (Å²) in [5, 5.41) is 11.5. The van der Waals surface area contributed by atoms with E-state index in [0.29, 0.717) is 19.0 Å². The zero-order chi connectivity index (χ0) is 12.8. The molecule has 0 aliphatic carbocycles. The average Bonchev–Trinajstić information content (AvgIpc) is 2.31. The van der Waals surface area contributed by atoms with Crippen LogP contribution in [0, 0.1) is 0 Å². The number of rotatable bonds is 5. The highest BCUT2D eigenvalue weighted by atomic mass is 79.9. The van der Waals surface area contributed by atoms with Crippen LogP contribution in [0.2, 0.25) is 0 Å². The van der Waals surface area contributed by atoms with Crippen molar-refractivity contribution in [2.75, 3.05) is 11.4 Å². The highest BCUT2D eigenvalue weighted by Crippen LogP contribution is 2.17. The number of halogens is 1. The molecule has 94 valence electrons. The maximum absolute atomic E-state index is 8.52. The van der Waals surface area contributed by atoms with Crippen molar-refractivity contribution in [3.05, 3.63) is 22.8 Å². The Morgan fingerprint density at radius 2 is 2.29 bits per heavy atom. The summed E-state index contributed by atoms with van der Waals surface area (Å²) in [6, 6.07) is 4.19. The summed E-state index contributed by atoms with van der Waals surface area (Å²) < 4.78 is 0.946. The fraction of sp³-hybridized carbons (Fsp3) is 0.455. The molecule has 5 nitrogen and oxygen atoms in total. The topological polar surface area (TPSA) is 74.7 Å². The summed E-state index contributed by atoms with van der Waals surface area (Å²) >= 11 is 3.35. The molecule has 6 heteroatoms. The summed E-state index contributed by atoms with van der Waals surface area (Å²) in [4.78, 5) is 6.44. The van der Waals surface area contributed by atoms with Crippen molar-refractivity contribution in [2.45, 2.75) is 26.3 Å². The molecule has 0 aliphatic heterocycles. The minimum absolute atomic E-state index is 0.229. The van der Waals surface area contributed by atoms with Gasteiger partial charge < -0.3 is 15.8 Å². The maximum Gasteiger partial charge on any atom is 0.140 e. The summed E-state index contributed by atoms with van der Waals surface area (Å²) in [6.07, 6.45) is 2.26. The van der Waals surface area contributed by atoms with Gasteiger partial charge in [-0.25, -0.2) is 4.98 Å². The predicted octanol–water partition coefficient (Wildman–Crippen LogP) is 2.20. The van der Waals surface area contributed by atoms with E-state index in [1.807, 2.05) is 12.1 Å². The Bertz CT molecular complexity index is 378. The standard InChI is InChI=1S/C11H17BrN4O/c1-8(2)16(6-5-10(13)15-17)11-4-3-9(12)7-14-11/h3-4,7-8,17H,5-6H2,1-2H3,(H2,13,15). The molecule has 0 aromatic carbocycles. The second-order valence-corrected chi connectivity index (χ2v) is 4.88. The minimum Gasteiger partial charge on any atom is -0.409 e. The van der Waals surface area contributed by atoms with Gasteiger partial charge in [0, 0.05) is 29.7 Å². The Balaban J connectivity index is 2.75. The number of hydrogen-bond acceptors (Lipinski definition) is 4. The van der Waals surface area contributed by atoms with Gasteiger partial charge in [0.25, 0.3) is 0 Å². The van der Waals surface area contributed by atoms with E-state index in [9.17, 15) is 0 Å². The van der Waals surface area contributed by atoms with E-state index < -0.39 is 0 Å². The highest BCUT2D eigenvalue weighted by Gasteiger charge is 2.12. The molecule has 0 amide bonds. The molecule has 1 heterocycles. The Hall–Kier alpha value is -1.30. The van der Waals surface area contributed by atoms with Crippen molar-refractivity contribution >= 4 is 27.6 Å². The molecule has 0 bridgehead atoms. The first-order valence-electron chi connectivity index (χ1n) is 5.39. The summed E-state index contributed by atoms with van der Waals surface area (Å²) in [5.74, 6) is 1.11. The van der Waals surface area contributed by atoms with Crippen LogP contribution in [0.3, 0.4) is 0 Å². The van der Waals surface area contributed by atoms with Gasteiger partial charge in [-0.1, -0.05) is 5.16 Å². The van der Waals surface area contributed by atoms with Crippen molar-refractivity contribution in [3.63, 3.8) is 0 Å². The van der Waals surface area contributed by atoms with Crippen LogP contribution in [0.25, 0.3) is 0 Å². The fourth-order valence-electron chi connectivity index (χ4n) is 1.46. The van der Waals surface area contributed by atoms with Crippen molar-refractivity contribution < 1.29 is 5.21 Å². The van der Waals surface area contributed by atoms with Crippen LogP contribution in [0.1, 0.15) is 20.3 Å². The molecule has 0 unspecified atom stereocenters. The van der Waals surface area contributed by atoms with Gasteiger partial charge >= 0.3 is 0 Å². The lowest BCUT2D eigenvalue weighted by Gasteiger charge is -2.27. The zero-order valence-electron chi connectivity index (χ0n) is 9.97. The minimum atomic E-state index is 0.229. The third kappa shape index (κ3) is 4.22. The van der Waals surface area contributed by atoms with E-state index in [2.05, 4.69) is 44.8 Å². The van der Waals surface area contributed by atoms with E-state index in [0.717, 1.165) is 10.3 Å². The Morgan fingerprint density at radius 1 is 1.59 bits per heavy atom. The summed E-state index contributed by atoms with van der Waals surface area (Å²) in [5.41, 5.74) is 5.47. The number of pyridine rings is 1. The van der Waals surface area contributed by atoms with E-state index in [1.54, 1.807) is 6.20 Å². The number of hydrogen-bond donors (Lipinski definition) is 2. The summed E-state index contributed by atoms with van der Waals surface area (Å²) in [7, 11) is 0. The van der Waals surface area contributed by atoms with Crippen LogP contribution in [0.4, 0.5) is 5.82 Å². The van der Waals surface area contributed by atoms with E-state index in [1.165, 1.54) is 0 Å². The molecule has 0 aliphatic rings. The average molecular weight is 301 g/mol. The Morgan fingerprint density at radius 3 is 2.76 bits per heavy atom. The number of oxime groups is 1. The molecule has 1 rings (SSSR count). The van der Waals surface area contributed by atoms with Gasteiger partial charge in [-0.05, 0) is 41.9 Å². The van der Waals surface area contributed by atoms with Crippen molar-refractivity contribution in [3.8, 4) is 0 Å². The molecule has 1 aromatic rings. The largest absolute Gasteiger partial charge is 0.409 e. The predicted molar refractivity (Wildman–Crippen MR) is 72.4 cm³/mol. The quantitative estimate of drug-likeness (QED) is 0.378. The molecule has 0 radical (unpaired) electrons. The second kappa shape index (κ2) is 6.44. The molecule has 0 atom stereocenters. The second-order valence-electron chi connectivity index (χ2n) is 3.96. The first kappa shape index (κ1) is 13.8. The lowest BCUT2D eigenvalue weighted by atomic mass is 10.2. The molecular formula is C11H17BrN4O. The number of aromatic nitrogens is 1. The highest BCUT2D eigenvalue weighted by molar-refractivity contribution is 9.10. The Labute approximate surface area is 109 Å². The summed E-state index contributed by atoms with van der Waals surface area (Å²) in [6.45, 7) is 4.83. The normalized spacial score (nSPS) is 11.9. The first-order valence-corrected chi connectivity index (χ1v) is 6.18. The molecule has 3 N–H and O–H groups in total. The molecule has 0 saturated carbocycles. The van der Waals surface area contributed by atoms with Crippen molar-refractivity contribution in [1.29, 1.82) is 0 Å². The molecular weight excluding hydrogens is 284 g/mol. The van der Waals surface area contributed by atoms with E-state index in [4.69, 9.17) is 10.9 Å². The van der Waals surface area contributed by atoms with Crippen molar-refractivity contribution in [1.82, 2.24) is 4.98 Å². The third-order valence-corrected chi connectivity index (χ3v) is 2.84. The molecule has 0 spiro atoms. The lowest BCUT2D eigenvalue weighted by Crippen LogP contribution is -2.34. The number of anilines is 1. The van der Waals surface area contributed by atoms with Crippen molar-refractivity contribution in [2.24, 2.45) is 10.9 Å². The van der Waals surface area contributed by atoms with Gasteiger partial charge in [-0.15, -0.1) is 0 Å². The van der Waals surface area contributed by atoms with Gasteiger partial charge in [-0.2, -0.15) is 0 Å². The fourth-order valence-corrected chi connectivity index (χ4v) is 1.69. The lowest BCUT2D eigenvalue weighted by molar-refractivity contribution is 0.317. The zero-order valence-corrected chi connectivity index (χ0v) is 11.6. The van der Waals surface area contributed by atoms with Gasteiger partial charge in [0.2, 0.25) is 0 Å². The molecule has 0 fully saturated rings. The van der Waals surface area contributed by atoms with Gasteiger partial charge in [0.05, 0.1) is 0 Å². The van der Waals surface area contributed by atoms with Crippen LogP contribution >= 0.6 is 15.9 Å². The smallest absolute Gasteiger partial charge is 0.140 e. The van der Waals surface area contributed by atoms with E-state index in [-0.39, 0.29) is 5.84 Å². The molecule has 1 aromatic heterocycles. The van der Waals surface area contributed by atoms with Gasteiger partial charge in [-0.3, -0.25) is 0 Å². The Kier molecular flexibility index (Phi) is 5.21. The number of amidine groups is 1. The number of nitrogens with zero attached hydrogens (tertiary/aromatic N) is 3. The molecule has 17 heavy (non-hydrogen) atoms. The van der Waals surface area contributed by atoms with Gasteiger partial charge in [0.1, 0.15) is 11.7 Å². The first-order chi connectivity index (χ1) is 8.04. The van der Waals surface area contributed by atoms with Crippen LogP contribution in [0.15, 0.2) is 28.0 Å². The van der Waals surface area contributed by atoms with Crippen LogP contribution in [0.5, 0.6) is 0 Å². The third-order valence-electron chi connectivity index (χ3n) is 2.37. The van der Waals surface area contributed by atoms with Crippen LogP contribution < -0.4 is 10.6 Å². The van der Waals surface area contributed by atoms with Gasteiger partial charge in [0.15, 0.2) is 0 Å². The van der Waals surface area contributed by atoms with Crippen LogP contribution in [-0.2, 0) is 0 Å². The number of nitrogens with two attached hydrogens (primary N) is 1. The SMILES string of the molecule is CC(C)N(CCC(N)=NO)c1ccc(Br)cn1. The monoisotopic (exact) mass is 300 g/mol. The molecule has 0 saturated heterocycles. The van der Waals surface area contributed by atoms with Crippen LogP contribution in [-0.4, -0.2) is 28.6 Å². The van der Waals surface area contributed by atoms with E-state index >= 15 is 0 Å². The maximum atomic E-state index is 8.52.